The number of hydrogen-bond donors (Lipinski definition) is 1. The number of benzene rings is 1. The number of nitrogens with zero attached hydrogens (tertiary/aromatic N) is 2. The molecule has 0 aliphatic carbocycles. The van der Waals surface area contributed by atoms with Gasteiger partial charge in [-0.3, -0.25) is 9.20 Å². The number of anilines is 1. The molecule has 1 N–H and O–H groups in total. The van der Waals surface area contributed by atoms with Crippen LogP contribution in [0, 0.1) is 0 Å². The Morgan fingerprint density at radius 1 is 1.22 bits per heavy atom. The first-order valence-corrected chi connectivity index (χ1v) is 8.46. The van der Waals surface area contributed by atoms with Crippen molar-refractivity contribution in [3.8, 4) is 11.3 Å². The summed E-state index contributed by atoms with van der Waals surface area (Å²) in [6, 6.07) is 10.9. The molecule has 3 aromatic heterocycles. The van der Waals surface area contributed by atoms with Crippen LogP contribution in [0.2, 0.25) is 0 Å². The van der Waals surface area contributed by atoms with Crippen molar-refractivity contribution in [1.82, 2.24) is 9.38 Å². The third-order valence-electron chi connectivity index (χ3n) is 3.33. The van der Waals surface area contributed by atoms with Crippen molar-refractivity contribution in [2.24, 2.45) is 0 Å². The summed E-state index contributed by atoms with van der Waals surface area (Å²) in [4.78, 5) is 17.5. The molecule has 0 bridgehead atoms. The van der Waals surface area contributed by atoms with E-state index in [1.165, 1.54) is 0 Å². The van der Waals surface area contributed by atoms with E-state index in [1.807, 2.05) is 46.4 Å². The number of rotatable bonds is 3. The molecule has 0 aliphatic rings. The minimum atomic E-state index is -0.286. The highest BCUT2D eigenvalue weighted by atomic mass is 79.9. The van der Waals surface area contributed by atoms with Gasteiger partial charge >= 0.3 is 0 Å². The second-order valence-corrected chi connectivity index (χ2v) is 6.51. The number of thiazole rings is 1. The summed E-state index contributed by atoms with van der Waals surface area (Å²) in [5.74, 6) is -0.0266. The van der Waals surface area contributed by atoms with Gasteiger partial charge in [-0.2, -0.15) is 0 Å². The minimum absolute atomic E-state index is 0.260. The van der Waals surface area contributed by atoms with E-state index in [2.05, 4.69) is 26.2 Å². The van der Waals surface area contributed by atoms with Crippen molar-refractivity contribution >= 4 is 43.8 Å². The Hall–Kier alpha value is -2.38. The largest absolute Gasteiger partial charge is 0.444 e. The van der Waals surface area contributed by atoms with E-state index in [4.69, 9.17) is 4.42 Å². The van der Waals surface area contributed by atoms with Gasteiger partial charge in [-0.25, -0.2) is 4.98 Å². The summed E-state index contributed by atoms with van der Waals surface area (Å²) in [6.45, 7) is 0. The Bertz CT molecular complexity index is 956. The van der Waals surface area contributed by atoms with Gasteiger partial charge in [0.05, 0.1) is 5.69 Å². The van der Waals surface area contributed by atoms with Crippen molar-refractivity contribution < 1.29 is 9.21 Å². The average Bonchev–Trinajstić information content (AvgIpc) is 3.23. The molecule has 23 heavy (non-hydrogen) atoms. The Kier molecular flexibility index (Phi) is 3.51. The van der Waals surface area contributed by atoms with E-state index in [0.717, 1.165) is 16.2 Å². The van der Waals surface area contributed by atoms with Gasteiger partial charge in [-0.15, -0.1) is 11.3 Å². The van der Waals surface area contributed by atoms with E-state index < -0.39 is 0 Å². The zero-order valence-electron chi connectivity index (χ0n) is 11.7. The topological polar surface area (TPSA) is 59.5 Å². The highest BCUT2D eigenvalue weighted by Gasteiger charge is 2.11. The normalized spacial score (nSPS) is 11.0. The van der Waals surface area contributed by atoms with Crippen LogP contribution >= 0.6 is 27.3 Å². The molecule has 3 heterocycles. The molecule has 4 rings (SSSR count). The number of halogens is 1. The molecule has 114 valence electrons. The van der Waals surface area contributed by atoms with Crippen LogP contribution in [0.4, 0.5) is 5.69 Å². The van der Waals surface area contributed by atoms with Gasteiger partial charge in [0, 0.05) is 29.0 Å². The van der Waals surface area contributed by atoms with Crippen LogP contribution in [-0.2, 0) is 0 Å². The van der Waals surface area contributed by atoms with E-state index in [0.29, 0.717) is 10.4 Å². The monoisotopic (exact) mass is 387 g/mol. The zero-order valence-corrected chi connectivity index (χ0v) is 14.1. The lowest BCUT2D eigenvalue weighted by atomic mass is 10.1. The first kappa shape index (κ1) is 14.2. The number of imidazole rings is 1. The minimum Gasteiger partial charge on any atom is -0.444 e. The van der Waals surface area contributed by atoms with Crippen LogP contribution in [0.3, 0.4) is 0 Å². The number of hydrogen-bond acceptors (Lipinski definition) is 4. The number of nitrogens with one attached hydrogen (secondary N) is 1. The van der Waals surface area contributed by atoms with Crippen LogP contribution in [0.5, 0.6) is 0 Å². The maximum absolute atomic E-state index is 12.0. The number of furan rings is 1. The Morgan fingerprint density at radius 2 is 2.04 bits per heavy atom. The van der Waals surface area contributed by atoms with Gasteiger partial charge in [0.15, 0.2) is 15.4 Å². The molecular weight excluding hydrogens is 378 g/mol. The van der Waals surface area contributed by atoms with Crippen LogP contribution in [0.15, 0.2) is 63.3 Å². The maximum atomic E-state index is 12.0. The SMILES string of the molecule is O=C(Nc1ccc(-c2cn3ccsc3n2)cc1)c1ccc(Br)o1. The first-order chi connectivity index (χ1) is 11.2. The summed E-state index contributed by atoms with van der Waals surface area (Å²) in [6.07, 6.45) is 3.96. The third-order valence-corrected chi connectivity index (χ3v) is 4.53. The van der Waals surface area contributed by atoms with E-state index >= 15 is 0 Å². The number of amides is 1. The Balaban J connectivity index is 1.53. The molecular formula is C16H10BrN3O2S. The fourth-order valence-electron chi connectivity index (χ4n) is 2.22. The fourth-order valence-corrected chi connectivity index (χ4v) is 3.23. The number of aromatic nitrogens is 2. The Labute approximate surface area is 143 Å². The standard InChI is InChI=1S/C16H10BrN3O2S/c17-14-6-5-13(22-14)15(21)18-11-3-1-10(2-4-11)12-9-20-7-8-23-16(20)19-12/h1-9H,(H,18,21). The van der Waals surface area contributed by atoms with Gasteiger partial charge < -0.3 is 9.73 Å². The van der Waals surface area contributed by atoms with Gasteiger partial charge in [-0.05, 0) is 40.2 Å². The van der Waals surface area contributed by atoms with Crippen LogP contribution in [0.1, 0.15) is 10.6 Å². The molecule has 7 heteroatoms. The summed E-state index contributed by atoms with van der Waals surface area (Å²) in [5, 5.41) is 4.79. The molecule has 1 amide bonds. The van der Waals surface area contributed by atoms with E-state index in [9.17, 15) is 4.79 Å². The van der Waals surface area contributed by atoms with Crippen molar-refractivity contribution in [1.29, 1.82) is 0 Å². The predicted molar refractivity (Wildman–Crippen MR) is 92.9 cm³/mol. The molecule has 0 radical (unpaired) electrons. The van der Waals surface area contributed by atoms with Crippen molar-refractivity contribution in [2.45, 2.75) is 0 Å². The third kappa shape index (κ3) is 2.80. The maximum Gasteiger partial charge on any atom is 0.291 e. The highest BCUT2D eigenvalue weighted by molar-refractivity contribution is 9.10. The molecule has 0 saturated heterocycles. The van der Waals surface area contributed by atoms with Gasteiger partial charge in [0.1, 0.15) is 0 Å². The van der Waals surface area contributed by atoms with Crippen LogP contribution in [-0.4, -0.2) is 15.3 Å². The smallest absolute Gasteiger partial charge is 0.291 e. The molecule has 0 aliphatic heterocycles. The lowest BCUT2D eigenvalue weighted by molar-refractivity contribution is 0.0995. The summed E-state index contributed by atoms with van der Waals surface area (Å²) in [5.41, 5.74) is 2.61. The molecule has 1 aromatic carbocycles. The van der Waals surface area contributed by atoms with Crippen molar-refractivity contribution in [2.75, 3.05) is 5.32 Å². The fraction of sp³-hybridized carbons (Fsp3) is 0. The van der Waals surface area contributed by atoms with Crippen molar-refractivity contribution in [3.63, 3.8) is 0 Å². The molecule has 5 nitrogen and oxygen atoms in total. The number of fused-ring (bicyclic) bond motifs is 1. The molecule has 0 saturated carbocycles. The number of carbonyl (C=O) groups excluding carboxylic acids is 1. The quantitative estimate of drug-likeness (QED) is 0.555. The molecule has 0 spiro atoms. The van der Waals surface area contributed by atoms with Gasteiger partial charge in [0.2, 0.25) is 0 Å². The van der Waals surface area contributed by atoms with Crippen LogP contribution < -0.4 is 5.32 Å². The van der Waals surface area contributed by atoms with E-state index in [1.54, 1.807) is 23.5 Å². The lowest BCUT2D eigenvalue weighted by Crippen LogP contribution is -2.10. The second kappa shape index (κ2) is 5.68. The first-order valence-electron chi connectivity index (χ1n) is 6.78. The van der Waals surface area contributed by atoms with Crippen molar-refractivity contribution in [3.05, 3.63) is 64.6 Å². The predicted octanol–water partition coefficient (Wildman–Crippen LogP) is 4.67. The molecule has 0 atom stereocenters. The highest BCUT2D eigenvalue weighted by Crippen LogP contribution is 2.23. The summed E-state index contributed by atoms with van der Waals surface area (Å²) >= 11 is 4.77. The lowest BCUT2D eigenvalue weighted by Gasteiger charge is -2.04. The molecule has 0 unspecified atom stereocenters. The van der Waals surface area contributed by atoms with E-state index in [-0.39, 0.29) is 11.7 Å². The Morgan fingerprint density at radius 3 is 2.74 bits per heavy atom. The number of carbonyl (C=O) groups is 1. The van der Waals surface area contributed by atoms with Gasteiger partial charge in [-0.1, -0.05) is 12.1 Å². The average molecular weight is 388 g/mol. The molecule has 0 fully saturated rings. The van der Waals surface area contributed by atoms with Crippen LogP contribution in [0.25, 0.3) is 16.2 Å². The second-order valence-electron chi connectivity index (χ2n) is 4.85. The molecule has 4 aromatic rings. The summed E-state index contributed by atoms with van der Waals surface area (Å²) in [7, 11) is 0. The summed E-state index contributed by atoms with van der Waals surface area (Å²) < 4.78 is 7.74. The zero-order chi connectivity index (χ0) is 15.8. The van der Waals surface area contributed by atoms with Gasteiger partial charge in [0.25, 0.3) is 5.91 Å².